The summed E-state index contributed by atoms with van der Waals surface area (Å²) in [5.74, 6) is 0. The summed E-state index contributed by atoms with van der Waals surface area (Å²) in [6.45, 7) is 6.03. The Hall–Kier alpha value is -0.750. The molecule has 0 fully saturated rings. The molecular formula is C11H13Cl. The number of alkyl halides is 1. The number of halogens is 1. The summed E-state index contributed by atoms with van der Waals surface area (Å²) >= 11 is 6.05. The molecule has 1 rings (SSSR count). The number of hydrogen-bond donors (Lipinski definition) is 0. The van der Waals surface area contributed by atoms with Gasteiger partial charge in [0, 0.05) is 0 Å². The van der Waals surface area contributed by atoms with E-state index in [-0.39, 0.29) is 5.38 Å². The molecule has 1 atom stereocenters. The molecule has 0 saturated carbocycles. The Morgan fingerprint density at radius 2 is 2.00 bits per heavy atom. The van der Waals surface area contributed by atoms with Gasteiger partial charge in [-0.15, -0.1) is 11.6 Å². The van der Waals surface area contributed by atoms with Gasteiger partial charge in [0.2, 0.25) is 0 Å². The van der Waals surface area contributed by atoms with E-state index in [1.54, 1.807) is 0 Å². The average Bonchev–Trinajstić information content (AvgIpc) is 2.17. The van der Waals surface area contributed by atoms with E-state index in [4.69, 9.17) is 11.6 Å². The highest BCUT2D eigenvalue weighted by atomic mass is 35.5. The van der Waals surface area contributed by atoms with Crippen molar-refractivity contribution in [3.8, 4) is 0 Å². The lowest BCUT2D eigenvalue weighted by Gasteiger charge is -2.09. The Morgan fingerprint density at radius 1 is 1.42 bits per heavy atom. The summed E-state index contributed by atoms with van der Waals surface area (Å²) in [4.78, 5) is 0. The van der Waals surface area contributed by atoms with E-state index in [1.165, 1.54) is 0 Å². The highest BCUT2D eigenvalue weighted by Gasteiger charge is 2.07. The minimum absolute atomic E-state index is 0.0624. The Balaban J connectivity index is 2.79. The summed E-state index contributed by atoms with van der Waals surface area (Å²) in [6.07, 6.45) is 0.926. The van der Waals surface area contributed by atoms with Gasteiger partial charge in [-0.25, -0.2) is 0 Å². The van der Waals surface area contributed by atoms with Gasteiger partial charge in [-0.3, -0.25) is 0 Å². The number of allylic oxidation sites excluding steroid dienone is 1. The average molecular weight is 181 g/mol. The van der Waals surface area contributed by atoms with Gasteiger partial charge in [-0.05, 0) is 17.6 Å². The van der Waals surface area contributed by atoms with Crippen LogP contribution >= 0.6 is 11.6 Å². The van der Waals surface area contributed by atoms with Crippen molar-refractivity contribution in [2.45, 2.75) is 18.7 Å². The van der Waals surface area contributed by atoms with Gasteiger partial charge in [0.25, 0.3) is 0 Å². The van der Waals surface area contributed by atoms with Gasteiger partial charge < -0.3 is 0 Å². The largest absolute Gasteiger partial charge is 0.118 e. The number of benzene rings is 1. The Labute approximate surface area is 78.9 Å². The molecule has 12 heavy (non-hydrogen) atoms. The van der Waals surface area contributed by atoms with Crippen molar-refractivity contribution in [3.63, 3.8) is 0 Å². The lowest BCUT2D eigenvalue weighted by molar-refractivity contribution is 0.983. The van der Waals surface area contributed by atoms with Crippen molar-refractivity contribution >= 4 is 17.2 Å². The molecule has 1 heteroatoms. The molecule has 0 spiro atoms. The van der Waals surface area contributed by atoms with Gasteiger partial charge in [0.15, 0.2) is 0 Å². The first-order valence-electron chi connectivity index (χ1n) is 4.14. The van der Waals surface area contributed by atoms with E-state index < -0.39 is 0 Å². The molecule has 1 unspecified atom stereocenters. The minimum Gasteiger partial charge on any atom is -0.118 e. The van der Waals surface area contributed by atoms with E-state index in [9.17, 15) is 0 Å². The number of hydrogen-bond acceptors (Lipinski definition) is 0. The molecule has 0 radical (unpaired) electrons. The molecule has 0 aliphatic carbocycles. The van der Waals surface area contributed by atoms with Crippen LogP contribution < -0.4 is 0 Å². The molecule has 0 heterocycles. The van der Waals surface area contributed by atoms with E-state index in [0.29, 0.717) is 0 Å². The van der Waals surface area contributed by atoms with Crippen LogP contribution in [-0.2, 0) is 0 Å². The summed E-state index contributed by atoms with van der Waals surface area (Å²) in [7, 11) is 0. The molecule has 1 aromatic carbocycles. The Bertz CT molecular complexity index is 251. The fourth-order valence-electron chi connectivity index (χ4n) is 1.08. The maximum Gasteiger partial charge on any atom is 0.0582 e. The van der Waals surface area contributed by atoms with E-state index in [2.05, 4.69) is 13.5 Å². The summed E-state index contributed by atoms with van der Waals surface area (Å²) in [6, 6.07) is 10.1. The first kappa shape index (κ1) is 9.34. The zero-order valence-corrected chi connectivity index (χ0v) is 8.01. The summed E-state index contributed by atoms with van der Waals surface area (Å²) in [5, 5.41) is 0.0624. The van der Waals surface area contributed by atoms with Gasteiger partial charge in [-0.2, -0.15) is 0 Å². The van der Waals surface area contributed by atoms with Gasteiger partial charge in [0.05, 0.1) is 5.38 Å². The van der Waals surface area contributed by atoms with Crippen LogP contribution in [0.4, 0.5) is 0 Å². The SMILES string of the molecule is C=C(c1ccccc1)C(Cl)CC. The monoisotopic (exact) mass is 180 g/mol. The van der Waals surface area contributed by atoms with Crippen molar-refractivity contribution in [2.75, 3.05) is 0 Å². The van der Waals surface area contributed by atoms with Gasteiger partial charge in [-0.1, -0.05) is 43.8 Å². The van der Waals surface area contributed by atoms with Crippen LogP contribution in [-0.4, -0.2) is 5.38 Å². The standard InChI is InChI=1S/C11H13Cl/c1-3-11(12)9(2)10-7-5-4-6-8-10/h4-8,11H,2-3H2,1H3. The third-order valence-electron chi connectivity index (χ3n) is 1.88. The maximum absolute atomic E-state index is 6.05. The second-order valence-electron chi connectivity index (χ2n) is 2.77. The Morgan fingerprint density at radius 3 is 2.50 bits per heavy atom. The molecule has 0 amide bonds. The zero-order valence-electron chi connectivity index (χ0n) is 7.26. The molecule has 0 nitrogen and oxygen atoms in total. The van der Waals surface area contributed by atoms with Crippen LogP contribution in [0.15, 0.2) is 36.9 Å². The molecule has 0 saturated heterocycles. The zero-order chi connectivity index (χ0) is 8.97. The van der Waals surface area contributed by atoms with Crippen LogP contribution in [0.5, 0.6) is 0 Å². The fourth-order valence-corrected chi connectivity index (χ4v) is 1.21. The van der Waals surface area contributed by atoms with Crippen molar-refractivity contribution in [3.05, 3.63) is 42.5 Å². The fraction of sp³-hybridized carbons (Fsp3) is 0.273. The highest BCUT2D eigenvalue weighted by molar-refractivity contribution is 6.26. The first-order valence-corrected chi connectivity index (χ1v) is 4.57. The van der Waals surface area contributed by atoms with Crippen molar-refractivity contribution < 1.29 is 0 Å². The summed E-state index contributed by atoms with van der Waals surface area (Å²) < 4.78 is 0. The summed E-state index contributed by atoms with van der Waals surface area (Å²) in [5.41, 5.74) is 2.15. The van der Waals surface area contributed by atoms with Crippen LogP contribution in [0.1, 0.15) is 18.9 Å². The molecule has 0 N–H and O–H groups in total. The van der Waals surface area contributed by atoms with Gasteiger partial charge in [0.1, 0.15) is 0 Å². The second-order valence-corrected chi connectivity index (χ2v) is 3.29. The molecule has 0 aliphatic rings. The van der Waals surface area contributed by atoms with Crippen molar-refractivity contribution in [2.24, 2.45) is 0 Å². The predicted molar refractivity (Wildman–Crippen MR) is 55.4 cm³/mol. The molecule has 1 aromatic rings. The molecule has 64 valence electrons. The third kappa shape index (κ3) is 2.12. The normalized spacial score (nSPS) is 12.5. The highest BCUT2D eigenvalue weighted by Crippen LogP contribution is 2.22. The lowest BCUT2D eigenvalue weighted by atomic mass is 10.0. The smallest absolute Gasteiger partial charge is 0.0582 e. The van der Waals surface area contributed by atoms with Crippen LogP contribution in [0.2, 0.25) is 0 Å². The van der Waals surface area contributed by atoms with Crippen LogP contribution in [0, 0.1) is 0 Å². The maximum atomic E-state index is 6.05. The quantitative estimate of drug-likeness (QED) is 0.622. The van der Waals surface area contributed by atoms with Crippen LogP contribution in [0.3, 0.4) is 0 Å². The predicted octanol–water partition coefficient (Wildman–Crippen LogP) is 3.72. The van der Waals surface area contributed by atoms with Crippen molar-refractivity contribution in [1.29, 1.82) is 0 Å². The van der Waals surface area contributed by atoms with Crippen LogP contribution in [0.25, 0.3) is 5.57 Å². The lowest BCUT2D eigenvalue weighted by Crippen LogP contribution is -1.98. The molecule has 0 aromatic heterocycles. The van der Waals surface area contributed by atoms with E-state index in [1.807, 2.05) is 30.3 Å². The Kier molecular flexibility index (Phi) is 3.36. The molecule has 0 bridgehead atoms. The third-order valence-corrected chi connectivity index (χ3v) is 2.45. The van der Waals surface area contributed by atoms with E-state index >= 15 is 0 Å². The molecular weight excluding hydrogens is 168 g/mol. The minimum atomic E-state index is 0.0624. The number of rotatable bonds is 3. The second kappa shape index (κ2) is 4.32. The first-order chi connectivity index (χ1) is 5.75. The van der Waals surface area contributed by atoms with E-state index in [0.717, 1.165) is 17.6 Å². The van der Waals surface area contributed by atoms with Gasteiger partial charge >= 0.3 is 0 Å². The molecule has 0 aliphatic heterocycles. The van der Waals surface area contributed by atoms with Crippen molar-refractivity contribution in [1.82, 2.24) is 0 Å². The topological polar surface area (TPSA) is 0 Å².